The van der Waals surface area contributed by atoms with Crippen LogP contribution in [0.5, 0.6) is 5.75 Å². The lowest BCUT2D eigenvalue weighted by Crippen LogP contribution is -2.05. The molecule has 0 spiro atoms. The molecule has 1 aromatic carbocycles. The number of aryl methyl sites for hydroxylation is 2. The quantitative estimate of drug-likeness (QED) is 0.506. The normalized spacial score (nSPS) is 11.2. The maximum atomic E-state index is 5.93. The number of imidazole rings is 1. The third-order valence-electron chi connectivity index (χ3n) is 3.33. The van der Waals surface area contributed by atoms with Crippen LogP contribution in [0.25, 0.3) is 11.0 Å². The van der Waals surface area contributed by atoms with Crippen LogP contribution in [0.4, 0.5) is 0 Å². The van der Waals surface area contributed by atoms with Gasteiger partial charge in [0.05, 0.1) is 12.1 Å². The predicted octanol–water partition coefficient (Wildman–Crippen LogP) is 4.36. The van der Waals surface area contributed by atoms with Gasteiger partial charge in [-0.05, 0) is 37.0 Å². The fourth-order valence-electron chi connectivity index (χ4n) is 2.39. The Morgan fingerprint density at radius 3 is 2.95 bits per heavy atom. The van der Waals surface area contributed by atoms with Gasteiger partial charge in [-0.3, -0.25) is 0 Å². The molecule has 1 aromatic heterocycles. The van der Waals surface area contributed by atoms with Gasteiger partial charge in [0.15, 0.2) is 0 Å². The average Bonchev–Trinajstić information content (AvgIpc) is 2.84. The molecule has 0 saturated carbocycles. The fourth-order valence-corrected chi connectivity index (χ4v) is 2.98. The molecule has 0 aliphatic heterocycles. The van der Waals surface area contributed by atoms with Crippen molar-refractivity contribution < 1.29 is 4.74 Å². The number of alkyl halides is 1. The van der Waals surface area contributed by atoms with Gasteiger partial charge in [0, 0.05) is 18.8 Å². The molecule has 0 aliphatic rings. The van der Waals surface area contributed by atoms with E-state index < -0.39 is 0 Å². The number of benzene rings is 1. The number of thioether (sulfide) groups is 1. The summed E-state index contributed by atoms with van der Waals surface area (Å²) in [5, 5.41) is 0. The molecule has 1 heterocycles. The first-order valence-corrected chi connectivity index (χ1v) is 9.40. The number of hydrogen-bond acceptors (Lipinski definition) is 3. The van der Waals surface area contributed by atoms with Crippen molar-refractivity contribution >= 4 is 34.4 Å². The van der Waals surface area contributed by atoms with Gasteiger partial charge in [0.2, 0.25) is 0 Å². The number of ether oxygens (including phenoxy) is 1. The first-order valence-electron chi connectivity index (χ1n) is 7.47. The highest BCUT2D eigenvalue weighted by atomic mass is 35.5. The van der Waals surface area contributed by atoms with Crippen molar-refractivity contribution in [2.24, 2.45) is 0 Å². The van der Waals surface area contributed by atoms with Crippen molar-refractivity contribution in [3.05, 3.63) is 24.0 Å². The lowest BCUT2D eigenvalue weighted by atomic mass is 10.3. The summed E-state index contributed by atoms with van der Waals surface area (Å²) in [5.74, 6) is 3.70. The second-order valence-electron chi connectivity index (χ2n) is 4.94. The van der Waals surface area contributed by atoms with E-state index in [-0.39, 0.29) is 0 Å². The molecule has 0 aliphatic carbocycles. The average molecular weight is 327 g/mol. The van der Waals surface area contributed by atoms with Crippen molar-refractivity contribution in [1.82, 2.24) is 9.55 Å². The zero-order chi connectivity index (χ0) is 15.1. The number of rotatable bonds is 9. The Labute approximate surface area is 136 Å². The van der Waals surface area contributed by atoms with Crippen molar-refractivity contribution in [2.75, 3.05) is 24.5 Å². The highest BCUT2D eigenvalue weighted by Gasteiger charge is 2.13. The molecule has 0 saturated heterocycles. The van der Waals surface area contributed by atoms with Crippen LogP contribution >= 0.6 is 23.4 Å². The number of para-hydroxylation sites is 1. The van der Waals surface area contributed by atoms with E-state index in [4.69, 9.17) is 21.3 Å². The van der Waals surface area contributed by atoms with E-state index in [2.05, 4.69) is 23.8 Å². The molecular weight excluding hydrogens is 304 g/mol. The highest BCUT2D eigenvalue weighted by molar-refractivity contribution is 7.98. The SMILES string of the molecule is CCCOc1cccc2c1nc(CCCl)n2CCCSC. The smallest absolute Gasteiger partial charge is 0.147 e. The van der Waals surface area contributed by atoms with Crippen molar-refractivity contribution in [1.29, 1.82) is 0 Å². The lowest BCUT2D eigenvalue weighted by molar-refractivity contribution is 0.320. The molecule has 0 unspecified atom stereocenters. The Morgan fingerprint density at radius 1 is 1.38 bits per heavy atom. The summed E-state index contributed by atoms with van der Waals surface area (Å²) in [5.41, 5.74) is 2.13. The number of nitrogens with zero attached hydrogens (tertiary/aromatic N) is 2. The van der Waals surface area contributed by atoms with E-state index in [9.17, 15) is 0 Å². The zero-order valence-corrected chi connectivity index (χ0v) is 14.3. The molecule has 0 bridgehead atoms. The molecule has 0 fully saturated rings. The first-order chi connectivity index (χ1) is 10.3. The first kappa shape index (κ1) is 16.5. The summed E-state index contributed by atoms with van der Waals surface area (Å²) in [4.78, 5) is 4.78. The van der Waals surface area contributed by atoms with Crippen molar-refractivity contribution in [2.45, 2.75) is 32.7 Å². The third kappa shape index (κ3) is 4.07. The summed E-state index contributed by atoms with van der Waals surface area (Å²) >= 11 is 7.81. The summed E-state index contributed by atoms with van der Waals surface area (Å²) in [6.07, 6.45) is 5.08. The van der Waals surface area contributed by atoms with E-state index in [0.29, 0.717) is 5.88 Å². The van der Waals surface area contributed by atoms with Crippen LogP contribution in [0.2, 0.25) is 0 Å². The van der Waals surface area contributed by atoms with E-state index in [1.54, 1.807) is 0 Å². The molecule has 116 valence electrons. The number of halogens is 1. The lowest BCUT2D eigenvalue weighted by Gasteiger charge is -2.08. The van der Waals surface area contributed by atoms with Gasteiger partial charge in [-0.1, -0.05) is 13.0 Å². The maximum Gasteiger partial charge on any atom is 0.147 e. The summed E-state index contributed by atoms with van der Waals surface area (Å²) in [6, 6.07) is 6.17. The van der Waals surface area contributed by atoms with Gasteiger partial charge in [0.25, 0.3) is 0 Å². The van der Waals surface area contributed by atoms with Gasteiger partial charge in [-0.2, -0.15) is 11.8 Å². The van der Waals surface area contributed by atoms with Crippen LogP contribution in [0.15, 0.2) is 18.2 Å². The Morgan fingerprint density at radius 2 is 2.24 bits per heavy atom. The minimum absolute atomic E-state index is 0.594. The molecule has 2 aromatic rings. The second-order valence-corrected chi connectivity index (χ2v) is 6.30. The van der Waals surface area contributed by atoms with E-state index >= 15 is 0 Å². The molecule has 5 heteroatoms. The summed E-state index contributed by atoms with van der Waals surface area (Å²) in [7, 11) is 0. The van der Waals surface area contributed by atoms with E-state index in [1.165, 1.54) is 0 Å². The fraction of sp³-hybridized carbons (Fsp3) is 0.562. The van der Waals surface area contributed by atoms with Crippen LogP contribution in [0.1, 0.15) is 25.6 Å². The Balaban J connectivity index is 2.36. The summed E-state index contributed by atoms with van der Waals surface area (Å²) in [6.45, 7) is 3.82. The summed E-state index contributed by atoms with van der Waals surface area (Å²) < 4.78 is 8.13. The number of aromatic nitrogens is 2. The Kier molecular flexibility index (Phi) is 6.71. The molecule has 3 nitrogen and oxygen atoms in total. The Hall–Kier alpha value is -0.870. The van der Waals surface area contributed by atoms with Crippen LogP contribution in [-0.2, 0) is 13.0 Å². The van der Waals surface area contributed by atoms with Gasteiger partial charge in [0.1, 0.15) is 17.1 Å². The zero-order valence-electron chi connectivity index (χ0n) is 12.8. The van der Waals surface area contributed by atoms with Crippen LogP contribution in [0.3, 0.4) is 0 Å². The van der Waals surface area contributed by atoms with Crippen LogP contribution < -0.4 is 4.74 Å². The third-order valence-corrected chi connectivity index (χ3v) is 4.22. The number of hydrogen-bond donors (Lipinski definition) is 0. The minimum atomic E-state index is 0.594. The van der Waals surface area contributed by atoms with Crippen molar-refractivity contribution in [3.63, 3.8) is 0 Å². The van der Waals surface area contributed by atoms with Gasteiger partial charge in [-0.15, -0.1) is 11.6 Å². The Bertz CT molecular complexity index is 571. The maximum absolute atomic E-state index is 5.93. The molecule has 0 atom stereocenters. The topological polar surface area (TPSA) is 27.1 Å². The predicted molar refractivity (Wildman–Crippen MR) is 92.9 cm³/mol. The molecule has 0 amide bonds. The van der Waals surface area contributed by atoms with E-state index in [1.807, 2.05) is 23.9 Å². The van der Waals surface area contributed by atoms with Crippen LogP contribution in [-0.4, -0.2) is 34.0 Å². The number of fused-ring (bicyclic) bond motifs is 1. The minimum Gasteiger partial charge on any atom is -0.491 e. The molecule has 0 radical (unpaired) electrons. The molecule has 2 rings (SSSR count). The molecular formula is C16H23ClN2OS. The monoisotopic (exact) mass is 326 g/mol. The van der Waals surface area contributed by atoms with Crippen molar-refractivity contribution in [3.8, 4) is 5.75 Å². The van der Waals surface area contributed by atoms with Gasteiger partial charge >= 0.3 is 0 Å². The van der Waals surface area contributed by atoms with E-state index in [0.717, 1.165) is 60.8 Å². The largest absolute Gasteiger partial charge is 0.491 e. The van der Waals surface area contributed by atoms with Crippen LogP contribution in [0, 0.1) is 0 Å². The molecule has 21 heavy (non-hydrogen) atoms. The standard InChI is InChI=1S/C16H23ClN2OS/c1-3-11-20-14-7-4-6-13-16(14)18-15(8-9-17)19(13)10-5-12-21-2/h4,6-7H,3,5,8-12H2,1-2H3. The van der Waals surface area contributed by atoms with Gasteiger partial charge in [-0.25, -0.2) is 4.98 Å². The van der Waals surface area contributed by atoms with Gasteiger partial charge < -0.3 is 9.30 Å². The molecule has 0 N–H and O–H groups in total. The highest BCUT2D eigenvalue weighted by Crippen LogP contribution is 2.27. The second kappa shape index (κ2) is 8.54.